The summed E-state index contributed by atoms with van der Waals surface area (Å²) in [6.45, 7) is 9.31. The molecule has 20 heavy (non-hydrogen) atoms. The lowest BCUT2D eigenvalue weighted by Crippen LogP contribution is -2.36. The molecule has 1 aliphatic carbocycles. The number of anilines is 1. The lowest BCUT2D eigenvalue weighted by Gasteiger charge is -2.26. The number of thiazole rings is 1. The first kappa shape index (κ1) is 15.7. The van der Waals surface area contributed by atoms with Crippen molar-refractivity contribution < 1.29 is 4.74 Å². The van der Waals surface area contributed by atoms with Crippen LogP contribution in [0.25, 0.3) is 0 Å². The maximum atomic E-state index is 5.29. The van der Waals surface area contributed by atoms with Crippen molar-refractivity contribution in [2.45, 2.75) is 52.1 Å². The summed E-state index contributed by atoms with van der Waals surface area (Å²) in [5.41, 5.74) is 1.31. The Morgan fingerprint density at radius 2 is 2.30 bits per heavy atom. The summed E-state index contributed by atoms with van der Waals surface area (Å²) < 4.78 is 5.29. The Hall–Kier alpha value is -0.650. The molecule has 5 heteroatoms. The fraction of sp³-hybridized carbons (Fsp3) is 0.800. The fourth-order valence-corrected chi connectivity index (χ4v) is 4.33. The molecule has 0 saturated carbocycles. The minimum Gasteiger partial charge on any atom is -0.383 e. The van der Waals surface area contributed by atoms with Gasteiger partial charge >= 0.3 is 0 Å². The highest BCUT2D eigenvalue weighted by Gasteiger charge is 2.26. The monoisotopic (exact) mass is 297 g/mol. The average Bonchev–Trinajstić information content (AvgIpc) is 2.85. The van der Waals surface area contributed by atoms with Crippen LogP contribution in [0, 0.1) is 0 Å². The quantitative estimate of drug-likeness (QED) is 0.839. The van der Waals surface area contributed by atoms with E-state index in [1.807, 2.05) is 11.3 Å². The first-order chi connectivity index (χ1) is 9.71. The third-order valence-electron chi connectivity index (χ3n) is 3.92. The first-order valence-electron chi connectivity index (χ1n) is 7.69. The van der Waals surface area contributed by atoms with Crippen LogP contribution in [0.4, 0.5) is 5.13 Å². The zero-order chi connectivity index (χ0) is 14.5. The van der Waals surface area contributed by atoms with E-state index < -0.39 is 0 Å². The number of nitrogens with zero attached hydrogens (tertiary/aromatic N) is 2. The van der Waals surface area contributed by atoms with Crippen molar-refractivity contribution in [3.05, 3.63) is 10.6 Å². The van der Waals surface area contributed by atoms with Gasteiger partial charge in [0.15, 0.2) is 5.13 Å². The van der Waals surface area contributed by atoms with Crippen molar-refractivity contribution in [1.29, 1.82) is 0 Å². The molecule has 0 aliphatic heterocycles. The zero-order valence-corrected chi connectivity index (χ0v) is 13.9. The molecule has 1 aromatic heterocycles. The lowest BCUT2D eigenvalue weighted by atomic mass is 9.98. The van der Waals surface area contributed by atoms with E-state index in [0.29, 0.717) is 12.1 Å². The van der Waals surface area contributed by atoms with E-state index in [4.69, 9.17) is 9.72 Å². The fourth-order valence-electron chi connectivity index (χ4n) is 2.94. The maximum Gasteiger partial charge on any atom is 0.186 e. The van der Waals surface area contributed by atoms with Crippen LogP contribution in [0.3, 0.4) is 0 Å². The van der Waals surface area contributed by atoms with Gasteiger partial charge in [0, 0.05) is 24.6 Å². The number of fused-ring (bicyclic) bond motifs is 1. The summed E-state index contributed by atoms with van der Waals surface area (Å²) in [4.78, 5) is 8.72. The number of aromatic nitrogens is 1. The number of rotatable bonds is 7. The molecule has 1 aliphatic rings. The largest absolute Gasteiger partial charge is 0.383 e. The third-order valence-corrected chi connectivity index (χ3v) is 5.16. The standard InChI is InChI=1S/C15H27N3OS/c1-5-16-12-8-7-9-13-14(12)20-15(17-13)18(6-2)11(3)10-19-4/h11-12,16H,5-10H2,1-4H3. The molecular weight excluding hydrogens is 270 g/mol. The molecular formula is C15H27N3OS. The van der Waals surface area contributed by atoms with Crippen LogP contribution >= 0.6 is 11.3 Å². The van der Waals surface area contributed by atoms with E-state index in [1.54, 1.807) is 7.11 Å². The van der Waals surface area contributed by atoms with E-state index in [9.17, 15) is 0 Å². The van der Waals surface area contributed by atoms with Crippen molar-refractivity contribution in [2.24, 2.45) is 0 Å². The number of aryl methyl sites for hydroxylation is 1. The number of nitrogens with one attached hydrogen (secondary N) is 1. The minimum atomic E-state index is 0.371. The average molecular weight is 297 g/mol. The van der Waals surface area contributed by atoms with Gasteiger partial charge in [0.2, 0.25) is 0 Å². The molecule has 4 nitrogen and oxygen atoms in total. The van der Waals surface area contributed by atoms with Gasteiger partial charge in [-0.1, -0.05) is 18.3 Å². The Bertz CT molecular complexity index is 421. The van der Waals surface area contributed by atoms with Crippen LogP contribution in [-0.2, 0) is 11.2 Å². The van der Waals surface area contributed by atoms with Gasteiger partial charge in [-0.2, -0.15) is 0 Å². The molecule has 0 aromatic carbocycles. The van der Waals surface area contributed by atoms with Crippen LogP contribution in [0.5, 0.6) is 0 Å². The van der Waals surface area contributed by atoms with Crippen LogP contribution in [-0.4, -0.2) is 37.8 Å². The Morgan fingerprint density at radius 1 is 1.50 bits per heavy atom. The Kier molecular flexibility index (Phi) is 5.81. The van der Waals surface area contributed by atoms with Gasteiger partial charge in [-0.15, -0.1) is 0 Å². The van der Waals surface area contributed by atoms with Crippen LogP contribution in [0.15, 0.2) is 0 Å². The number of methoxy groups -OCH3 is 1. The van der Waals surface area contributed by atoms with Crippen molar-refractivity contribution in [3.8, 4) is 0 Å². The third kappa shape index (κ3) is 3.32. The number of hydrogen-bond donors (Lipinski definition) is 1. The number of likely N-dealkylation sites (N-methyl/N-ethyl adjacent to an activating group) is 1. The van der Waals surface area contributed by atoms with Crippen LogP contribution in [0.2, 0.25) is 0 Å². The lowest BCUT2D eigenvalue weighted by molar-refractivity contribution is 0.182. The highest BCUT2D eigenvalue weighted by molar-refractivity contribution is 7.15. The van der Waals surface area contributed by atoms with E-state index in [2.05, 4.69) is 31.0 Å². The van der Waals surface area contributed by atoms with Gasteiger partial charge < -0.3 is 15.0 Å². The molecule has 114 valence electrons. The summed E-state index contributed by atoms with van der Waals surface area (Å²) in [6, 6.07) is 0.877. The Labute approximate surface area is 126 Å². The summed E-state index contributed by atoms with van der Waals surface area (Å²) in [7, 11) is 1.76. The van der Waals surface area contributed by atoms with Crippen molar-refractivity contribution in [1.82, 2.24) is 10.3 Å². The van der Waals surface area contributed by atoms with E-state index in [-0.39, 0.29) is 0 Å². The zero-order valence-electron chi connectivity index (χ0n) is 13.1. The normalized spacial score (nSPS) is 19.7. The Balaban J connectivity index is 2.21. The number of hydrogen-bond acceptors (Lipinski definition) is 5. The van der Waals surface area contributed by atoms with Crippen molar-refractivity contribution in [2.75, 3.05) is 31.7 Å². The summed E-state index contributed by atoms with van der Waals surface area (Å²) >= 11 is 1.87. The molecule has 0 radical (unpaired) electrons. The molecule has 2 rings (SSSR count). The Morgan fingerprint density at radius 3 is 2.95 bits per heavy atom. The summed E-state index contributed by atoms with van der Waals surface area (Å²) in [5.74, 6) is 0. The van der Waals surface area contributed by atoms with Gasteiger partial charge in [0.05, 0.1) is 18.3 Å². The predicted octanol–water partition coefficient (Wildman–Crippen LogP) is 2.99. The summed E-state index contributed by atoms with van der Waals surface area (Å²) in [6.07, 6.45) is 3.61. The van der Waals surface area contributed by atoms with Crippen LogP contribution in [0.1, 0.15) is 50.2 Å². The number of ether oxygens (including phenoxy) is 1. The summed E-state index contributed by atoms with van der Waals surface area (Å²) in [5, 5.41) is 4.75. The van der Waals surface area contributed by atoms with E-state index in [1.165, 1.54) is 23.4 Å². The second-order valence-electron chi connectivity index (χ2n) is 5.40. The molecule has 0 amide bonds. The predicted molar refractivity (Wildman–Crippen MR) is 85.8 cm³/mol. The minimum absolute atomic E-state index is 0.371. The molecule has 1 N–H and O–H groups in total. The topological polar surface area (TPSA) is 37.4 Å². The molecule has 0 fully saturated rings. The highest BCUT2D eigenvalue weighted by Crippen LogP contribution is 2.38. The highest BCUT2D eigenvalue weighted by atomic mass is 32.1. The van der Waals surface area contributed by atoms with Gasteiger partial charge in [-0.05, 0) is 39.7 Å². The van der Waals surface area contributed by atoms with E-state index in [0.717, 1.165) is 31.2 Å². The van der Waals surface area contributed by atoms with Gasteiger partial charge in [0.25, 0.3) is 0 Å². The second-order valence-corrected chi connectivity index (χ2v) is 6.41. The molecule has 0 bridgehead atoms. The maximum absolute atomic E-state index is 5.29. The van der Waals surface area contributed by atoms with Gasteiger partial charge in [0.1, 0.15) is 0 Å². The smallest absolute Gasteiger partial charge is 0.186 e. The van der Waals surface area contributed by atoms with Crippen LogP contribution < -0.4 is 10.2 Å². The molecule has 1 aromatic rings. The van der Waals surface area contributed by atoms with Gasteiger partial charge in [-0.25, -0.2) is 4.98 Å². The molecule has 0 saturated heterocycles. The second kappa shape index (κ2) is 7.38. The van der Waals surface area contributed by atoms with Crippen molar-refractivity contribution >= 4 is 16.5 Å². The molecule has 2 atom stereocenters. The SMILES string of the molecule is CCNC1CCCc2nc(N(CC)C(C)COC)sc21. The molecule has 2 unspecified atom stereocenters. The van der Waals surface area contributed by atoms with Crippen molar-refractivity contribution in [3.63, 3.8) is 0 Å². The van der Waals surface area contributed by atoms with E-state index >= 15 is 0 Å². The first-order valence-corrected chi connectivity index (χ1v) is 8.51. The molecule has 1 heterocycles. The molecule has 0 spiro atoms. The van der Waals surface area contributed by atoms with Gasteiger partial charge in [-0.3, -0.25) is 0 Å².